The van der Waals surface area contributed by atoms with Gasteiger partial charge in [-0.3, -0.25) is 14.5 Å². The third-order valence-electron chi connectivity index (χ3n) is 3.61. The molecule has 1 aliphatic heterocycles. The molecule has 2 amide bonds. The Bertz CT molecular complexity index is 682. The zero-order valence-electron chi connectivity index (χ0n) is 14.3. The molecule has 1 heterocycles. The fraction of sp³-hybridized carbons (Fsp3) is 0.389. The number of imide groups is 1. The second-order valence-electron chi connectivity index (χ2n) is 5.33. The van der Waals surface area contributed by atoms with Crippen molar-refractivity contribution in [1.82, 2.24) is 4.90 Å². The second-order valence-corrected chi connectivity index (χ2v) is 5.33. The topological polar surface area (TPSA) is 82.1 Å². The Morgan fingerprint density at radius 2 is 2.08 bits per heavy atom. The van der Waals surface area contributed by atoms with Gasteiger partial charge in [0.05, 0.1) is 13.7 Å². The first-order chi connectivity index (χ1) is 12.0. The van der Waals surface area contributed by atoms with Gasteiger partial charge in [-0.15, -0.1) is 0 Å². The first kappa shape index (κ1) is 18.5. The van der Waals surface area contributed by atoms with Crippen molar-refractivity contribution in [3.05, 3.63) is 29.8 Å². The van der Waals surface area contributed by atoms with Crippen molar-refractivity contribution in [3.63, 3.8) is 0 Å². The molecule has 1 fully saturated rings. The van der Waals surface area contributed by atoms with Crippen LogP contribution in [0.3, 0.4) is 0 Å². The van der Waals surface area contributed by atoms with E-state index >= 15 is 0 Å². The summed E-state index contributed by atoms with van der Waals surface area (Å²) < 4.78 is 15.5. The summed E-state index contributed by atoms with van der Waals surface area (Å²) in [7, 11) is 1.53. The van der Waals surface area contributed by atoms with Crippen LogP contribution in [0.5, 0.6) is 11.5 Å². The molecule has 0 aromatic heterocycles. The molecular formula is C18H21NO6. The Hall–Kier alpha value is -2.83. The summed E-state index contributed by atoms with van der Waals surface area (Å²) >= 11 is 0. The standard InChI is InChI=1S/C18H21NO6/c1-3-24-14-8-6-13(11-15(14)23-2)7-9-18(22)25-12-17(21)19-10-4-5-16(19)20/h6-9,11H,3-5,10,12H2,1-2H3/b9-7+. The van der Waals surface area contributed by atoms with Gasteiger partial charge in [0.1, 0.15) is 0 Å². The molecule has 2 rings (SSSR count). The van der Waals surface area contributed by atoms with Crippen LogP contribution < -0.4 is 9.47 Å². The van der Waals surface area contributed by atoms with Gasteiger partial charge < -0.3 is 14.2 Å². The number of nitrogens with zero attached hydrogens (tertiary/aromatic N) is 1. The largest absolute Gasteiger partial charge is 0.493 e. The van der Waals surface area contributed by atoms with Crippen molar-refractivity contribution < 1.29 is 28.6 Å². The van der Waals surface area contributed by atoms with E-state index in [9.17, 15) is 14.4 Å². The van der Waals surface area contributed by atoms with Gasteiger partial charge in [0.25, 0.3) is 5.91 Å². The summed E-state index contributed by atoms with van der Waals surface area (Å²) in [6.07, 6.45) is 3.78. The van der Waals surface area contributed by atoms with Crippen LogP contribution in [0.1, 0.15) is 25.3 Å². The van der Waals surface area contributed by atoms with E-state index in [1.54, 1.807) is 24.3 Å². The summed E-state index contributed by atoms with van der Waals surface area (Å²) in [5, 5.41) is 0. The van der Waals surface area contributed by atoms with E-state index in [0.717, 1.165) is 10.5 Å². The first-order valence-electron chi connectivity index (χ1n) is 8.04. The highest BCUT2D eigenvalue weighted by atomic mass is 16.5. The normalized spacial score (nSPS) is 14.0. The average molecular weight is 347 g/mol. The maximum absolute atomic E-state index is 11.8. The molecule has 0 spiro atoms. The molecule has 134 valence electrons. The molecule has 0 atom stereocenters. The summed E-state index contributed by atoms with van der Waals surface area (Å²) in [6, 6.07) is 5.24. The predicted octanol–water partition coefficient (Wildman–Crippen LogP) is 1.80. The molecule has 0 bridgehead atoms. The lowest BCUT2D eigenvalue weighted by Gasteiger charge is -2.12. The number of methoxy groups -OCH3 is 1. The third-order valence-corrected chi connectivity index (χ3v) is 3.61. The van der Waals surface area contributed by atoms with Crippen LogP contribution >= 0.6 is 0 Å². The minimum absolute atomic E-state index is 0.224. The SMILES string of the molecule is CCOc1ccc(/C=C/C(=O)OCC(=O)N2CCCC2=O)cc1OC. The van der Waals surface area contributed by atoms with Gasteiger partial charge in [-0.1, -0.05) is 6.07 Å². The van der Waals surface area contributed by atoms with E-state index in [2.05, 4.69) is 0 Å². The van der Waals surface area contributed by atoms with E-state index in [0.29, 0.717) is 37.5 Å². The minimum Gasteiger partial charge on any atom is -0.493 e. The van der Waals surface area contributed by atoms with Crippen molar-refractivity contribution in [2.24, 2.45) is 0 Å². The highest BCUT2D eigenvalue weighted by Gasteiger charge is 2.26. The van der Waals surface area contributed by atoms with Crippen LogP contribution in [0.2, 0.25) is 0 Å². The number of hydrogen-bond donors (Lipinski definition) is 0. The number of esters is 1. The molecule has 0 unspecified atom stereocenters. The van der Waals surface area contributed by atoms with Crippen LogP contribution in [0.4, 0.5) is 0 Å². The van der Waals surface area contributed by atoms with Crippen LogP contribution in [0, 0.1) is 0 Å². The molecular weight excluding hydrogens is 326 g/mol. The van der Waals surface area contributed by atoms with Crippen LogP contribution in [-0.2, 0) is 19.1 Å². The number of benzene rings is 1. The molecule has 7 heteroatoms. The maximum atomic E-state index is 11.8. The van der Waals surface area contributed by atoms with Gasteiger partial charge >= 0.3 is 5.97 Å². The van der Waals surface area contributed by atoms with Crippen LogP contribution in [-0.4, -0.2) is 49.6 Å². The van der Waals surface area contributed by atoms with Crippen LogP contribution in [0.15, 0.2) is 24.3 Å². The molecule has 0 aliphatic carbocycles. The van der Waals surface area contributed by atoms with E-state index < -0.39 is 18.5 Å². The summed E-state index contributed by atoms with van der Waals surface area (Å²) in [4.78, 5) is 36.1. The Morgan fingerprint density at radius 3 is 2.72 bits per heavy atom. The molecule has 25 heavy (non-hydrogen) atoms. The fourth-order valence-electron chi connectivity index (χ4n) is 2.40. The zero-order valence-corrected chi connectivity index (χ0v) is 14.3. The van der Waals surface area contributed by atoms with Gasteiger partial charge in [0.2, 0.25) is 5.91 Å². The van der Waals surface area contributed by atoms with Crippen molar-refractivity contribution in [2.75, 3.05) is 26.9 Å². The smallest absolute Gasteiger partial charge is 0.331 e. The number of amides is 2. The summed E-state index contributed by atoms with van der Waals surface area (Å²) in [5.74, 6) is -0.205. The molecule has 1 aromatic rings. The molecule has 0 radical (unpaired) electrons. The Kier molecular flexibility index (Phi) is 6.56. The van der Waals surface area contributed by atoms with Gasteiger partial charge in [-0.25, -0.2) is 4.79 Å². The van der Waals surface area contributed by atoms with E-state index in [1.807, 2.05) is 6.92 Å². The minimum atomic E-state index is -0.659. The number of rotatable bonds is 7. The molecule has 1 aliphatic rings. The molecule has 1 aromatic carbocycles. The molecule has 0 saturated carbocycles. The second kappa shape index (κ2) is 8.86. The lowest BCUT2D eigenvalue weighted by Crippen LogP contribution is -2.35. The predicted molar refractivity (Wildman–Crippen MR) is 90.1 cm³/mol. The van der Waals surface area contributed by atoms with Gasteiger partial charge in [-0.2, -0.15) is 0 Å². The lowest BCUT2D eigenvalue weighted by molar-refractivity contribution is -0.151. The Morgan fingerprint density at radius 1 is 1.28 bits per heavy atom. The fourth-order valence-corrected chi connectivity index (χ4v) is 2.40. The lowest BCUT2D eigenvalue weighted by atomic mass is 10.2. The average Bonchev–Trinajstić information content (AvgIpc) is 3.05. The maximum Gasteiger partial charge on any atom is 0.331 e. The van der Waals surface area contributed by atoms with E-state index in [1.165, 1.54) is 13.2 Å². The highest BCUT2D eigenvalue weighted by Crippen LogP contribution is 2.28. The number of carbonyl (C=O) groups is 3. The Labute approximate surface area is 146 Å². The summed E-state index contributed by atoms with van der Waals surface area (Å²) in [5.41, 5.74) is 0.721. The Balaban J connectivity index is 1.89. The quantitative estimate of drug-likeness (QED) is 0.552. The summed E-state index contributed by atoms with van der Waals surface area (Å²) in [6.45, 7) is 2.34. The van der Waals surface area contributed by atoms with Crippen molar-refractivity contribution in [3.8, 4) is 11.5 Å². The molecule has 0 N–H and O–H groups in total. The van der Waals surface area contributed by atoms with Gasteiger partial charge in [-0.05, 0) is 37.1 Å². The zero-order chi connectivity index (χ0) is 18.2. The van der Waals surface area contributed by atoms with E-state index in [-0.39, 0.29) is 5.91 Å². The number of likely N-dealkylation sites (tertiary alicyclic amines) is 1. The number of ether oxygens (including phenoxy) is 3. The van der Waals surface area contributed by atoms with Crippen molar-refractivity contribution in [1.29, 1.82) is 0 Å². The van der Waals surface area contributed by atoms with Gasteiger partial charge in [0.15, 0.2) is 18.1 Å². The molecule has 1 saturated heterocycles. The number of carbonyl (C=O) groups excluding carboxylic acids is 3. The third kappa shape index (κ3) is 5.07. The van der Waals surface area contributed by atoms with Crippen molar-refractivity contribution in [2.45, 2.75) is 19.8 Å². The van der Waals surface area contributed by atoms with Gasteiger partial charge in [0, 0.05) is 19.0 Å². The first-order valence-corrected chi connectivity index (χ1v) is 8.04. The number of hydrogen-bond acceptors (Lipinski definition) is 6. The highest BCUT2D eigenvalue weighted by molar-refractivity contribution is 5.98. The monoisotopic (exact) mass is 347 g/mol. The van der Waals surface area contributed by atoms with Crippen LogP contribution in [0.25, 0.3) is 6.08 Å². The van der Waals surface area contributed by atoms with E-state index in [4.69, 9.17) is 14.2 Å². The van der Waals surface area contributed by atoms with Crippen molar-refractivity contribution >= 4 is 23.9 Å². The molecule has 7 nitrogen and oxygen atoms in total.